The number of benzene rings is 2. The minimum atomic E-state index is 0.157. The molecule has 106 valence electrons. The Labute approximate surface area is 120 Å². The zero-order valence-electron chi connectivity index (χ0n) is 11.9. The summed E-state index contributed by atoms with van der Waals surface area (Å²) in [5.74, 6) is 0. The standard InChI is InChI=1S/C16H22N4/c1-19-15(11-3-7-13(17)8-4-11)16(20-2)12-5-9-14(18)10-6-12/h3-10,15-16,19-20H,17-18H2,1-2H3. The van der Waals surface area contributed by atoms with E-state index in [1.165, 1.54) is 11.1 Å². The van der Waals surface area contributed by atoms with Crippen LogP contribution in [0.15, 0.2) is 48.5 Å². The van der Waals surface area contributed by atoms with Crippen LogP contribution in [0.5, 0.6) is 0 Å². The van der Waals surface area contributed by atoms with Gasteiger partial charge in [0.2, 0.25) is 0 Å². The number of anilines is 2. The molecule has 0 aromatic heterocycles. The molecule has 4 nitrogen and oxygen atoms in total. The normalized spacial score (nSPS) is 13.9. The van der Waals surface area contributed by atoms with E-state index in [0.29, 0.717) is 0 Å². The van der Waals surface area contributed by atoms with Gasteiger partial charge in [-0.05, 0) is 49.5 Å². The van der Waals surface area contributed by atoms with E-state index in [1.54, 1.807) is 0 Å². The highest BCUT2D eigenvalue weighted by Crippen LogP contribution is 2.29. The van der Waals surface area contributed by atoms with Crippen LogP contribution in [0.2, 0.25) is 0 Å². The summed E-state index contributed by atoms with van der Waals surface area (Å²) in [7, 11) is 3.92. The molecule has 0 heterocycles. The molecular formula is C16H22N4. The van der Waals surface area contributed by atoms with Crippen LogP contribution in [0.3, 0.4) is 0 Å². The Kier molecular flexibility index (Phi) is 4.61. The van der Waals surface area contributed by atoms with Crippen molar-refractivity contribution in [3.8, 4) is 0 Å². The van der Waals surface area contributed by atoms with Crippen molar-refractivity contribution < 1.29 is 0 Å². The molecule has 20 heavy (non-hydrogen) atoms. The number of likely N-dealkylation sites (N-methyl/N-ethyl adjacent to an activating group) is 2. The van der Waals surface area contributed by atoms with Crippen molar-refractivity contribution in [2.24, 2.45) is 0 Å². The molecule has 0 bridgehead atoms. The molecule has 2 unspecified atom stereocenters. The highest BCUT2D eigenvalue weighted by atomic mass is 15.0. The molecule has 0 aliphatic heterocycles. The summed E-state index contributed by atoms with van der Waals surface area (Å²) in [5, 5.41) is 6.73. The number of nitrogens with one attached hydrogen (secondary N) is 2. The molecule has 0 saturated heterocycles. The molecule has 0 aliphatic rings. The molecule has 0 spiro atoms. The summed E-state index contributed by atoms with van der Waals surface area (Å²) in [5.41, 5.74) is 15.4. The minimum Gasteiger partial charge on any atom is -0.399 e. The Morgan fingerprint density at radius 2 is 0.950 bits per heavy atom. The molecule has 2 atom stereocenters. The Hall–Kier alpha value is -2.04. The van der Waals surface area contributed by atoms with Gasteiger partial charge in [-0.25, -0.2) is 0 Å². The van der Waals surface area contributed by atoms with Gasteiger partial charge in [0.1, 0.15) is 0 Å². The van der Waals surface area contributed by atoms with E-state index in [9.17, 15) is 0 Å². The van der Waals surface area contributed by atoms with E-state index in [4.69, 9.17) is 11.5 Å². The molecule has 0 radical (unpaired) electrons. The number of hydrogen-bond acceptors (Lipinski definition) is 4. The maximum atomic E-state index is 5.75. The summed E-state index contributed by atoms with van der Waals surface area (Å²) < 4.78 is 0. The van der Waals surface area contributed by atoms with Gasteiger partial charge in [0.05, 0.1) is 12.1 Å². The summed E-state index contributed by atoms with van der Waals surface area (Å²) >= 11 is 0. The second-order valence-electron chi connectivity index (χ2n) is 4.87. The van der Waals surface area contributed by atoms with Crippen molar-refractivity contribution in [2.75, 3.05) is 25.6 Å². The fourth-order valence-electron chi connectivity index (χ4n) is 2.46. The molecule has 0 amide bonds. The lowest BCUT2D eigenvalue weighted by Gasteiger charge is -2.27. The van der Waals surface area contributed by atoms with Gasteiger partial charge >= 0.3 is 0 Å². The zero-order valence-corrected chi connectivity index (χ0v) is 11.9. The largest absolute Gasteiger partial charge is 0.399 e. The molecule has 6 N–H and O–H groups in total. The lowest BCUT2D eigenvalue weighted by atomic mass is 9.93. The van der Waals surface area contributed by atoms with Crippen molar-refractivity contribution in [1.82, 2.24) is 10.6 Å². The molecule has 0 fully saturated rings. The Morgan fingerprint density at radius 3 is 1.20 bits per heavy atom. The highest BCUT2D eigenvalue weighted by molar-refractivity contribution is 5.43. The molecule has 2 aromatic rings. The van der Waals surface area contributed by atoms with Gasteiger partial charge in [0.15, 0.2) is 0 Å². The smallest absolute Gasteiger partial charge is 0.0515 e. The van der Waals surface area contributed by atoms with Crippen LogP contribution in [0, 0.1) is 0 Å². The topological polar surface area (TPSA) is 76.1 Å². The predicted octanol–water partition coefficient (Wildman–Crippen LogP) is 2.07. The molecule has 2 aromatic carbocycles. The van der Waals surface area contributed by atoms with Crippen LogP contribution in [-0.4, -0.2) is 14.1 Å². The lowest BCUT2D eigenvalue weighted by Crippen LogP contribution is -2.31. The van der Waals surface area contributed by atoms with E-state index >= 15 is 0 Å². The molecule has 0 aliphatic carbocycles. The maximum Gasteiger partial charge on any atom is 0.0515 e. The zero-order chi connectivity index (χ0) is 14.5. The Balaban J connectivity index is 2.32. The van der Waals surface area contributed by atoms with Crippen molar-refractivity contribution >= 4 is 11.4 Å². The fourth-order valence-corrected chi connectivity index (χ4v) is 2.46. The van der Waals surface area contributed by atoms with E-state index in [0.717, 1.165) is 11.4 Å². The first kappa shape index (κ1) is 14.4. The number of rotatable bonds is 5. The maximum absolute atomic E-state index is 5.75. The monoisotopic (exact) mass is 270 g/mol. The third-order valence-electron chi connectivity index (χ3n) is 3.55. The van der Waals surface area contributed by atoms with Gasteiger partial charge in [-0.15, -0.1) is 0 Å². The summed E-state index contributed by atoms with van der Waals surface area (Å²) in [6, 6.07) is 16.2. The first-order chi connectivity index (χ1) is 9.65. The highest BCUT2D eigenvalue weighted by Gasteiger charge is 2.21. The predicted molar refractivity (Wildman–Crippen MR) is 85.3 cm³/mol. The van der Waals surface area contributed by atoms with Crippen molar-refractivity contribution in [1.29, 1.82) is 0 Å². The summed E-state index contributed by atoms with van der Waals surface area (Å²) in [6.45, 7) is 0. The number of hydrogen-bond donors (Lipinski definition) is 4. The van der Waals surface area contributed by atoms with Crippen molar-refractivity contribution in [3.63, 3.8) is 0 Å². The quantitative estimate of drug-likeness (QED) is 0.627. The first-order valence-corrected chi connectivity index (χ1v) is 6.71. The second kappa shape index (κ2) is 6.41. The molecule has 4 heteroatoms. The van der Waals surface area contributed by atoms with Crippen LogP contribution in [0.25, 0.3) is 0 Å². The van der Waals surface area contributed by atoms with E-state index in [2.05, 4.69) is 34.9 Å². The van der Waals surface area contributed by atoms with Crippen molar-refractivity contribution in [2.45, 2.75) is 12.1 Å². The van der Waals surface area contributed by atoms with Gasteiger partial charge in [-0.3, -0.25) is 0 Å². The van der Waals surface area contributed by atoms with E-state index < -0.39 is 0 Å². The Morgan fingerprint density at radius 1 is 0.650 bits per heavy atom. The minimum absolute atomic E-state index is 0.157. The average molecular weight is 270 g/mol. The Bertz CT molecular complexity index is 482. The third-order valence-corrected chi connectivity index (χ3v) is 3.55. The van der Waals surface area contributed by atoms with Gasteiger partial charge in [-0.1, -0.05) is 24.3 Å². The van der Waals surface area contributed by atoms with Crippen LogP contribution in [0.1, 0.15) is 23.2 Å². The van der Waals surface area contributed by atoms with Gasteiger partial charge in [0.25, 0.3) is 0 Å². The van der Waals surface area contributed by atoms with Crippen molar-refractivity contribution in [3.05, 3.63) is 59.7 Å². The van der Waals surface area contributed by atoms with Crippen LogP contribution in [-0.2, 0) is 0 Å². The van der Waals surface area contributed by atoms with E-state index in [1.807, 2.05) is 38.4 Å². The number of nitrogen functional groups attached to an aromatic ring is 2. The first-order valence-electron chi connectivity index (χ1n) is 6.71. The average Bonchev–Trinajstić information content (AvgIpc) is 2.47. The molecule has 0 saturated carbocycles. The molecular weight excluding hydrogens is 248 g/mol. The lowest BCUT2D eigenvalue weighted by molar-refractivity contribution is 0.432. The van der Waals surface area contributed by atoms with Crippen LogP contribution >= 0.6 is 0 Å². The van der Waals surface area contributed by atoms with Crippen LogP contribution in [0.4, 0.5) is 11.4 Å². The van der Waals surface area contributed by atoms with Gasteiger partial charge < -0.3 is 22.1 Å². The third kappa shape index (κ3) is 3.10. The van der Waals surface area contributed by atoms with Gasteiger partial charge in [-0.2, -0.15) is 0 Å². The van der Waals surface area contributed by atoms with E-state index in [-0.39, 0.29) is 12.1 Å². The summed E-state index contributed by atoms with van der Waals surface area (Å²) in [6.07, 6.45) is 0. The SMILES string of the molecule is CNC(c1ccc(N)cc1)C(NC)c1ccc(N)cc1. The molecule has 2 rings (SSSR count). The fraction of sp³-hybridized carbons (Fsp3) is 0.250. The summed E-state index contributed by atoms with van der Waals surface area (Å²) in [4.78, 5) is 0. The second-order valence-corrected chi connectivity index (χ2v) is 4.87. The van der Waals surface area contributed by atoms with Crippen LogP contribution < -0.4 is 22.1 Å². The van der Waals surface area contributed by atoms with Gasteiger partial charge in [0, 0.05) is 11.4 Å². The number of nitrogens with two attached hydrogens (primary N) is 2.